The van der Waals surface area contributed by atoms with Crippen molar-refractivity contribution in [1.82, 2.24) is 9.88 Å². The topological polar surface area (TPSA) is 40.8 Å². The minimum atomic E-state index is -0.222. The highest BCUT2D eigenvalue weighted by molar-refractivity contribution is 5.83. The van der Waals surface area contributed by atoms with Gasteiger partial charge in [-0.3, -0.25) is 0 Å². The van der Waals surface area contributed by atoms with Gasteiger partial charge in [-0.1, -0.05) is 12.1 Å². The lowest BCUT2D eigenvalue weighted by Gasteiger charge is -2.15. The summed E-state index contributed by atoms with van der Waals surface area (Å²) < 4.78 is 2.29. The molecule has 20 heavy (non-hydrogen) atoms. The van der Waals surface area contributed by atoms with Gasteiger partial charge in [-0.25, -0.2) is 0 Å². The molecule has 2 aromatic rings. The molecule has 3 nitrogen and oxygen atoms in total. The van der Waals surface area contributed by atoms with Gasteiger partial charge >= 0.3 is 0 Å². The van der Waals surface area contributed by atoms with E-state index in [4.69, 9.17) is 5.26 Å². The summed E-state index contributed by atoms with van der Waals surface area (Å²) >= 11 is 0. The zero-order valence-electron chi connectivity index (χ0n) is 12.6. The number of benzene rings is 1. The van der Waals surface area contributed by atoms with Crippen LogP contribution in [0.1, 0.15) is 32.3 Å². The molecule has 0 radical (unpaired) electrons. The van der Waals surface area contributed by atoms with Crippen LogP contribution in [0.15, 0.2) is 30.5 Å². The van der Waals surface area contributed by atoms with Gasteiger partial charge in [0.05, 0.1) is 11.5 Å². The summed E-state index contributed by atoms with van der Waals surface area (Å²) in [5.41, 5.74) is 2.40. The van der Waals surface area contributed by atoms with Crippen molar-refractivity contribution < 1.29 is 0 Å². The molecule has 0 spiro atoms. The number of aromatic nitrogens is 1. The Morgan fingerprint density at radius 1 is 1.30 bits per heavy atom. The average Bonchev–Trinajstić information content (AvgIpc) is 2.84. The summed E-state index contributed by atoms with van der Waals surface area (Å²) in [6.45, 7) is 5.87. The van der Waals surface area contributed by atoms with E-state index in [1.807, 2.05) is 20.9 Å². The highest BCUT2D eigenvalue weighted by Gasteiger charge is 2.15. The first-order valence-electron chi connectivity index (χ1n) is 7.20. The molecule has 0 saturated carbocycles. The molecule has 3 heteroatoms. The zero-order valence-corrected chi connectivity index (χ0v) is 12.6. The van der Waals surface area contributed by atoms with Crippen molar-refractivity contribution in [2.45, 2.75) is 39.8 Å². The summed E-state index contributed by atoms with van der Waals surface area (Å²) in [5.74, 6) is 0. The second kappa shape index (κ2) is 6.11. The Morgan fingerprint density at radius 3 is 2.80 bits per heavy atom. The van der Waals surface area contributed by atoms with Gasteiger partial charge in [-0.05, 0) is 51.4 Å². The van der Waals surface area contributed by atoms with Gasteiger partial charge in [0.1, 0.15) is 0 Å². The summed E-state index contributed by atoms with van der Waals surface area (Å²) in [5, 5.41) is 13.6. The molecule has 0 aliphatic carbocycles. The number of rotatable bonds is 6. The highest BCUT2D eigenvalue weighted by atomic mass is 14.9. The van der Waals surface area contributed by atoms with Crippen LogP contribution in [-0.4, -0.2) is 11.6 Å². The van der Waals surface area contributed by atoms with E-state index in [1.54, 1.807) is 0 Å². The van der Waals surface area contributed by atoms with Crippen LogP contribution in [0.3, 0.4) is 0 Å². The monoisotopic (exact) mass is 269 g/mol. The molecule has 1 N–H and O–H groups in total. The van der Waals surface area contributed by atoms with Crippen molar-refractivity contribution in [2.75, 3.05) is 7.05 Å². The molecular weight excluding hydrogens is 246 g/mol. The standard InChI is InChI=1S/C17H23N3/c1-17(2,13-18)9-5-10-20-11-8-15-14(12-19-3)6-4-7-16(15)20/h4,6-8,11,19H,5,9-10,12H2,1-3H3. The second-order valence-corrected chi connectivity index (χ2v) is 5.99. The molecule has 0 unspecified atom stereocenters. The zero-order chi connectivity index (χ0) is 14.6. The largest absolute Gasteiger partial charge is 0.347 e. The van der Waals surface area contributed by atoms with Crippen molar-refractivity contribution in [1.29, 1.82) is 5.26 Å². The molecule has 1 heterocycles. The van der Waals surface area contributed by atoms with E-state index >= 15 is 0 Å². The number of aryl methyl sites for hydroxylation is 1. The fourth-order valence-electron chi connectivity index (χ4n) is 2.57. The van der Waals surface area contributed by atoms with Crippen LogP contribution in [0.25, 0.3) is 10.9 Å². The Hall–Kier alpha value is -1.79. The van der Waals surface area contributed by atoms with Gasteiger partial charge in [0, 0.05) is 30.2 Å². The number of hydrogen-bond acceptors (Lipinski definition) is 2. The first-order valence-corrected chi connectivity index (χ1v) is 7.20. The van der Waals surface area contributed by atoms with Crippen molar-refractivity contribution >= 4 is 10.9 Å². The summed E-state index contributed by atoms with van der Waals surface area (Å²) in [6.07, 6.45) is 4.11. The molecule has 1 aromatic heterocycles. The lowest BCUT2D eigenvalue weighted by Crippen LogP contribution is -2.09. The smallest absolute Gasteiger partial charge is 0.0683 e. The third-order valence-electron chi connectivity index (χ3n) is 3.77. The maximum absolute atomic E-state index is 9.05. The van der Waals surface area contributed by atoms with Gasteiger partial charge in [-0.15, -0.1) is 0 Å². The van der Waals surface area contributed by atoms with Crippen molar-refractivity contribution in [2.24, 2.45) is 5.41 Å². The van der Waals surface area contributed by atoms with Crippen molar-refractivity contribution in [3.05, 3.63) is 36.0 Å². The lowest BCUT2D eigenvalue weighted by atomic mass is 9.90. The Kier molecular flexibility index (Phi) is 4.46. The van der Waals surface area contributed by atoms with Gasteiger partial charge < -0.3 is 9.88 Å². The Morgan fingerprint density at radius 2 is 2.10 bits per heavy atom. The molecule has 0 amide bonds. The predicted molar refractivity (Wildman–Crippen MR) is 83.3 cm³/mol. The maximum atomic E-state index is 9.05. The van der Waals surface area contributed by atoms with Crippen LogP contribution in [0.4, 0.5) is 0 Å². The van der Waals surface area contributed by atoms with Gasteiger partial charge in [0.25, 0.3) is 0 Å². The van der Waals surface area contributed by atoms with E-state index in [0.29, 0.717) is 0 Å². The van der Waals surface area contributed by atoms with Crippen LogP contribution < -0.4 is 5.32 Å². The fraction of sp³-hybridized carbons (Fsp3) is 0.471. The third-order valence-corrected chi connectivity index (χ3v) is 3.77. The number of hydrogen-bond donors (Lipinski definition) is 1. The van der Waals surface area contributed by atoms with E-state index in [9.17, 15) is 0 Å². The van der Waals surface area contributed by atoms with Crippen LogP contribution in [0.5, 0.6) is 0 Å². The molecule has 0 atom stereocenters. The molecule has 0 aliphatic heterocycles. The molecule has 0 fully saturated rings. The number of fused-ring (bicyclic) bond motifs is 1. The minimum absolute atomic E-state index is 0.222. The second-order valence-electron chi connectivity index (χ2n) is 5.99. The third kappa shape index (κ3) is 3.20. The quantitative estimate of drug-likeness (QED) is 0.869. The van der Waals surface area contributed by atoms with Crippen molar-refractivity contribution in [3.63, 3.8) is 0 Å². The van der Waals surface area contributed by atoms with Crippen LogP contribution in [-0.2, 0) is 13.1 Å². The maximum Gasteiger partial charge on any atom is 0.0683 e. The molecule has 0 saturated heterocycles. The van der Waals surface area contributed by atoms with E-state index in [0.717, 1.165) is 25.9 Å². The molecule has 1 aromatic carbocycles. The Labute approximate surface area is 121 Å². The normalized spacial score (nSPS) is 11.7. The fourth-order valence-corrected chi connectivity index (χ4v) is 2.57. The van der Waals surface area contributed by atoms with E-state index < -0.39 is 0 Å². The van der Waals surface area contributed by atoms with E-state index in [-0.39, 0.29) is 5.41 Å². The lowest BCUT2D eigenvalue weighted by molar-refractivity contribution is 0.418. The number of nitriles is 1. The Bertz CT molecular complexity index is 617. The van der Waals surface area contributed by atoms with E-state index in [1.165, 1.54) is 16.5 Å². The molecule has 106 valence electrons. The summed E-state index contributed by atoms with van der Waals surface area (Å²) in [4.78, 5) is 0. The highest BCUT2D eigenvalue weighted by Crippen LogP contribution is 2.24. The minimum Gasteiger partial charge on any atom is -0.347 e. The van der Waals surface area contributed by atoms with Crippen molar-refractivity contribution in [3.8, 4) is 6.07 Å². The van der Waals surface area contributed by atoms with Crippen LogP contribution in [0, 0.1) is 16.7 Å². The van der Waals surface area contributed by atoms with Gasteiger partial charge in [0.15, 0.2) is 0 Å². The average molecular weight is 269 g/mol. The summed E-state index contributed by atoms with van der Waals surface area (Å²) in [6, 6.07) is 11.0. The number of nitrogens with zero attached hydrogens (tertiary/aromatic N) is 2. The number of nitrogens with one attached hydrogen (secondary N) is 1. The van der Waals surface area contributed by atoms with Gasteiger partial charge in [0.2, 0.25) is 0 Å². The van der Waals surface area contributed by atoms with Crippen LogP contribution in [0.2, 0.25) is 0 Å². The summed E-state index contributed by atoms with van der Waals surface area (Å²) in [7, 11) is 1.97. The van der Waals surface area contributed by atoms with Gasteiger partial charge in [-0.2, -0.15) is 5.26 Å². The first kappa shape index (κ1) is 14.6. The molecular formula is C17H23N3. The molecule has 0 bridgehead atoms. The van der Waals surface area contributed by atoms with Crippen LogP contribution >= 0.6 is 0 Å². The first-order chi connectivity index (χ1) is 9.57. The molecule has 2 rings (SSSR count). The van der Waals surface area contributed by atoms with E-state index in [2.05, 4.69) is 46.4 Å². The SMILES string of the molecule is CNCc1cccc2c1ccn2CCCC(C)(C)C#N. The predicted octanol–water partition coefficient (Wildman–Crippen LogP) is 3.69. The Balaban J connectivity index is 2.12. The molecule has 0 aliphatic rings.